The molecule has 0 atom stereocenters. The van der Waals surface area contributed by atoms with Gasteiger partial charge in [-0.25, -0.2) is 0 Å². The average Bonchev–Trinajstić information content (AvgIpc) is 2.39. The van der Waals surface area contributed by atoms with Crippen molar-refractivity contribution >= 4 is 17.3 Å². The van der Waals surface area contributed by atoms with Crippen LogP contribution in [0.5, 0.6) is 0 Å². The lowest BCUT2D eigenvalue weighted by Crippen LogP contribution is -2.33. The number of nitrogens with zero attached hydrogens (tertiary/aromatic N) is 2. The van der Waals surface area contributed by atoms with Gasteiger partial charge in [0.05, 0.1) is 11.6 Å². The Morgan fingerprint density at radius 1 is 1.38 bits per heavy atom. The highest BCUT2D eigenvalue weighted by Gasteiger charge is 2.18. The second kappa shape index (κ2) is 5.53. The molecule has 16 heavy (non-hydrogen) atoms. The van der Waals surface area contributed by atoms with Crippen LogP contribution in [0.4, 0.5) is 5.69 Å². The SMILES string of the molecule is CN(c1ccnc(CCl)c1)C1CCCCC1. The molecule has 0 aliphatic heterocycles. The first-order valence-electron chi connectivity index (χ1n) is 6.05. The van der Waals surface area contributed by atoms with E-state index in [-0.39, 0.29) is 0 Å². The van der Waals surface area contributed by atoms with Gasteiger partial charge >= 0.3 is 0 Å². The zero-order valence-corrected chi connectivity index (χ0v) is 10.6. The highest BCUT2D eigenvalue weighted by Crippen LogP contribution is 2.26. The lowest BCUT2D eigenvalue weighted by Gasteiger charge is -2.33. The largest absolute Gasteiger partial charge is 0.372 e. The number of rotatable bonds is 3. The first-order chi connectivity index (χ1) is 7.81. The lowest BCUT2D eigenvalue weighted by atomic mass is 9.94. The Labute approximate surface area is 103 Å². The standard InChI is InChI=1S/C13H19ClN2/c1-16(12-5-3-2-4-6-12)13-7-8-15-11(9-13)10-14/h7-9,12H,2-6,10H2,1H3. The third-order valence-corrected chi connectivity index (χ3v) is 3.74. The zero-order valence-electron chi connectivity index (χ0n) is 9.82. The number of halogens is 1. The summed E-state index contributed by atoms with van der Waals surface area (Å²) in [5, 5.41) is 0. The van der Waals surface area contributed by atoms with Crippen molar-refractivity contribution in [2.75, 3.05) is 11.9 Å². The number of hydrogen-bond acceptors (Lipinski definition) is 2. The summed E-state index contributed by atoms with van der Waals surface area (Å²) >= 11 is 5.81. The fourth-order valence-electron chi connectivity index (χ4n) is 2.44. The fourth-order valence-corrected chi connectivity index (χ4v) is 2.58. The molecule has 0 radical (unpaired) electrons. The first kappa shape index (κ1) is 11.7. The topological polar surface area (TPSA) is 16.1 Å². The molecule has 2 nitrogen and oxygen atoms in total. The summed E-state index contributed by atoms with van der Waals surface area (Å²) < 4.78 is 0. The monoisotopic (exact) mass is 238 g/mol. The molecule has 1 aliphatic rings. The Morgan fingerprint density at radius 2 is 2.12 bits per heavy atom. The van der Waals surface area contributed by atoms with E-state index in [1.54, 1.807) is 0 Å². The highest BCUT2D eigenvalue weighted by atomic mass is 35.5. The van der Waals surface area contributed by atoms with Gasteiger partial charge in [-0.3, -0.25) is 4.98 Å². The molecule has 0 unspecified atom stereocenters. The van der Waals surface area contributed by atoms with Crippen molar-refractivity contribution in [2.45, 2.75) is 44.0 Å². The minimum absolute atomic E-state index is 0.492. The number of anilines is 1. The van der Waals surface area contributed by atoms with Crippen molar-refractivity contribution in [1.29, 1.82) is 0 Å². The molecule has 0 amide bonds. The van der Waals surface area contributed by atoms with Crippen LogP contribution in [-0.2, 0) is 5.88 Å². The van der Waals surface area contributed by atoms with E-state index in [4.69, 9.17) is 11.6 Å². The minimum atomic E-state index is 0.492. The molecule has 3 heteroatoms. The Balaban J connectivity index is 2.09. The third-order valence-electron chi connectivity index (χ3n) is 3.47. The molecule has 1 saturated carbocycles. The molecule has 1 fully saturated rings. The van der Waals surface area contributed by atoms with Gasteiger partial charge in [-0.15, -0.1) is 11.6 Å². The average molecular weight is 239 g/mol. The molecule has 0 spiro atoms. The maximum absolute atomic E-state index is 5.81. The van der Waals surface area contributed by atoms with Gasteiger partial charge in [0.1, 0.15) is 0 Å². The molecule has 2 rings (SSSR count). The molecular formula is C13H19ClN2. The van der Waals surface area contributed by atoms with Crippen LogP contribution in [-0.4, -0.2) is 18.1 Å². The van der Waals surface area contributed by atoms with Gasteiger partial charge in [0.25, 0.3) is 0 Å². The number of hydrogen-bond donors (Lipinski definition) is 0. The van der Waals surface area contributed by atoms with Gasteiger partial charge in [-0.2, -0.15) is 0 Å². The van der Waals surface area contributed by atoms with Crippen LogP contribution >= 0.6 is 11.6 Å². The van der Waals surface area contributed by atoms with Crippen molar-refractivity contribution in [2.24, 2.45) is 0 Å². The van der Waals surface area contributed by atoms with Crippen molar-refractivity contribution < 1.29 is 0 Å². The van der Waals surface area contributed by atoms with Crippen LogP contribution in [0, 0.1) is 0 Å². The maximum atomic E-state index is 5.81. The molecule has 0 N–H and O–H groups in total. The Hall–Kier alpha value is -0.760. The molecule has 0 aromatic carbocycles. The zero-order chi connectivity index (χ0) is 11.4. The van der Waals surface area contributed by atoms with Gasteiger partial charge in [-0.05, 0) is 25.0 Å². The van der Waals surface area contributed by atoms with E-state index in [0.29, 0.717) is 11.9 Å². The highest BCUT2D eigenvalue weighted by molar-refractivity contribution is 6.16. The van der Waals surface area contributed by atoms with E-state index in [9.17, 15) is 0 Å². The summed E-state index contributed by atoms with van der Waals surface area (Å²) in [7, 11) is 2.18. The van der Waals surface area contributed by atoms with E-state index in [1.807, 2.05) is 6.20 Å². The summed E-state index contributed by atoms with van der Waals surface area (Å²) in [5.41, 5.74) is 2.21. The number of aromatic nitrogens is 1. The summed E-state index contributed by atoms with van der Waals surface area (Å²) in [6.07, 6.45) is 8.61. The summed E-state index contributed by atoms with van der Waals surface area (Å²) in [5.74, 6) is 0.492. The second-order valence-corrected chi connectivity index (χ2v) is 4.81. The quantitative estimate of drug-likeness (QED) is 0.749. The normalized spacial score (nSPS) is 17.4. The molecule has 0 bridgehead atoms. The van der Waals surface area contributed by atoms with Crippen LogP contribution in [0.3, 0.4) is 0 Å². The smallest absolute Gasteiger partial charge is 0.0648 e. The lowest BCUT2D eigenvalue weighted by molar-refractivity contribution is 0.427. The van der Waals surface area contributed by atoms with Gasteiger partial charge < -0.3 is 4.90 Å². The summed E-state index contributed by atoms with van der Waals surface area (Å²) in [6.45, 7) is 0. The van der Waals surface area contributed by atoms with Crippen LogP contribution in [0.25, 0.3) is 0 Å². The van der Waals surface area contributed by atoms with Crippen LogP contribution < -0.4 is 4.90 Å². The van der Waals surface area contributed by atoms with E-state index in [0.717, 1.165) is 5.69 Å². The molecule has 1 heterocycles. The number of pyridine rings is 1. The van der Waals surface area contributed by atoms with Crippen LogP contribution in [0.1, 0.15) is 37.8 Å². The van der Waals surface area contributed by atoms with E-state index in [2.05, 4.69) is 29.1 Å². The van der Waals surface area contributed by atoms with Crippen LogP contribution in [0.15, 0.2) is 18.3 Å². The number of alkyl halides is 1. The maximum Gasteiger partial charge on any atom is 0.0648 e. The van der Waals surface area contributed by atoms with E-state index in [1.165, 1.54) is 37.8 Å². The van der Waals surface area contributed by atoms with Gasteiger partial charge in [0, 0.05) is 25.0 Å². The predicted octanol–water partition coefficient (Wildman–Crippen LogP) is 3.59. The molecule has 0 saturated heterocycles. The third kappa shape index (κ3) is 2.67. The minimum Gasteiger partial charge on any atom is -0.372 e. The van der Waals surface area contributed by atoms with Crippen molar-refractivity contribution in [3.05, 3.63) is 24.0 Å². The first-order valence-corrected chi connectivity index (χ1v) is 6.58. The molecular weight excluding hydrogens is 220 g/mol. The van der Waals surface area contributed by atoms with Crippen LogP contribution in [0.2, 0.25) is 0 Å². The van der Waals surface area contributed by atoms with Gasteiger partial charge in [0.15, 0.2) is 0 Å². The summed E-state index contributed by atoms with van der Waals surface area (Å²) in [4.78, 5) is 6.61. The van der Waals surface area contributed by atoms with E-state index < -0.39 is 0 Å². The van der Waals surface area contributed by atoms with Crippen molar-refractivity contribution in [3.63, 3.8) is 0 Å². The molecule has 1 aliphatic carbocycles. The van der Waals surface area contributed by atoms with Gasteiger partial charge in [0.2, 0.25) is 0 Å². The Kier molecular flexibility index (Phi) is 4.05. The van der Waals surface area contributed by atoms with Gasteiger partial charge in [-0.1, -0.05) is 19.3 Å². The molecule has 1 aromatic rings. The molecule has 88 valence electrons. The Bertz CT molecular complexity index is 334. The predicted molar refractivity (Wildman–Crippen MR) is 69.1 cm³/mol. The van der Waals surface area contributed by atoms with Crippen molar-refractivity contribution in [3.8, 4) is 0 Å². The van der Waals surface area contributed by atoms with Crippen molar-refractivity contribution in [1.82, 2.24) is 4.98 Å². The molecule has 1 aromatic heterocycles. The second-order valence-electron chi connectivity index (χ2n) is 4.54. The fraction of sp³-hybridized carbons (Fsp3) is 0.615. The van der Waals surface area contributed by atoms with E-state index >= 15 is 0 Å². The Morgan fingerprint density at radius 3 is 2.81 bits per heavy atom. The summed E-state index contributed by atoms with van der Waals surface area (Å²) in [6, 6.07) is 4.87.